The molecule has 0 spiro atoms. The van der Waals surface area contributed by atoms with Gasteiger partial charge in [0.25, 0.3) is 0 Å². The molecular weight excluding hydrogens is 212 g/mol. The van der Waals surface area contributed by atoms with E-state index in [1.165, 1.54) is 5.56 Å². The predicted molar refractivity (Wildman–Crippen MR) is 68.1 cm³/mol. The van der Waals surface area contributed by atoms with Crippen molar-refractivity contribution in [1.82, 2.24) is 9.55 Å². The maximum Gasteiger partial charge on any atom is 0.170 e. The Morgan fingerprint density at radius 1 is 1.29 bits per heavy atom. The third-order valence-corrected chi connectivity index (χ3v) is 3.09. The number of carbonyl (C=O) groups excluding carboxylic acids is 1. The summed E-state index contributed by atoms with van der Waals surface area (Å²) in [5.74, 6) is 0.849. The molecule has 0 aliphatic heterocycles. The van der Waals surface area contributed by atoms with Crippen LogP contribution in [0.1, 0.15) is 28.8 Å². The lowest BCUT2D eigenvalue weighted by Gasteiger charge is -2.05. The van der Waals surface area contributed by atoms with Gasteiger partial charge in [0.1, 0.15) is 11.5 Å². The molecule has 17 heavy (non-hydrogen) atoms. The molecule has 88 valence electrons. The monoisotopic (exact) mass is 228 g/mol. The van der Waals surface area contributed by atoms with Crippen molar-refractivity contribution in [3.8, 4) is 11.3 Å². The van der Waals surface area contributed by atoms with Crippen molar-refractivity contribution in [2.75, 3.05) is 0 Å². The fourth-order valence-corrected chi connectivity index (χ4v) is 1.96. The zero-order valence-electron chi connectivity index (χ0n) is 10.4. The van der Waals surface area contributed by atoms with E-state index in [-0.39, 0.29) is 0 Å². The summed E-state index contributed by atoms with van der Waals surface area (Å²) in [6, 6.07) is 8.27. The largest absolute Gasteiger partial charge is 0.331 e. The first-order valence-corrected chi connectivity index (χ1v) is 5.75. The number of hydrogen-bond acceptors (Lipinski definition) is 2. The van der Waals surface area contributed by atoms with Gasteiger partial charge in [0.15, 0.2) is 6.29 Å². The Morgan fingerprint density at radius 2 is 1.94 bits per heavy atom. The molecule has 0 aliphatic rings. The quantitative estimate of drug-likeness (QED) is 0.757. The molecule has 0 bridgehead atoms. The molecule has 0 atom stereocenters. The standard InChI is InChI=1S/C14H16N2O/c1-4-11-5-7-12(8-6-11)14-13(9-17)15-10(2)16(14)3/h5-9H,4H2,1-3H3. The number of rotatable bonds is 3. The highest BCUT2D eigenvalue weighted by molar-refractivity contribution is 5.84. The molecule has 1 heterocycles. The molecule has 0 saturated carbocycles. The Bertz CT molecular complexity index is 538. The number of benzene rings is 1. The van der Waals surface area contributed by atoms with Gasteiger partial charge in [0.2, 0.25) is 0 Å². The first kappa shape index (κ1) is 11.6. The summed E-state index contributed by atoms with van der Waals surface area (Å²) in [5, 5.41) is 0. The zero-order chi connectivity index (χ0) is 12.4. The minimum Gasteiger partial charge on any atom is -0.331 e. The number of aryl methyl sites for hydroxylation is 2. The van der Waals surface area contributed by atoms with Gasteiger partial charge in [-0.1, -0.05) is 31.2 Å². The van der Waals surface area contributed by atoms with Gasteiger partial charge in [-0.15, -0.1) is 0 Å². The van der Waals surface area contributed by atoms with Crippen molar-refractivity contribution < 1.29 is 4.79 Å². The summed E-state index contributed by atoms with van der Waals surface area (Å²) in [6.45, 7) is 4.02. The van der Waals surface area contributed by atoms with Crippen LogP contribution in [0.3, 0.4) is 0 Å². The summed E-state index contributed by atoms with van der Waals surface area (Å²) < 4.78 is 1.95. The van der Waals surface area contributed by atoms with E-state index < -0.39 is 0 Å². The van der Waals surface area contributed by atoms with E-state index in [0.717, 1.165) is 29.8 Å². The second-order valence-corrected chi connectivity index (χ2v) is 4.12. The maximum atomic E-state index is 11.0. The summed E-state index contributed by atoms with van der Waals surface area (Å²) in [6.07, 6.45) is 1.83. The van der Waals surface area contributed by atoms with Crippen molar-refractivity contribution in [1.29, 1.82) is 0 Å². The highest BCUT2D eigenvalue weighted by Gasteiger charge is 2.13. The van der Waals surface area contributed by atoms with Crippen molar-refractivity contribution in [2.45, 2.75) is 20.3 Å². The van der Waals surface area contributed by atoms with E-state index in [2.05, 4.69) is 24.0 Å². The second kappa shape index (κ2) is 4.53. The minimum absolute atomic E-state index is 0.509. The normalized spacial score (nSPS) is 10.5. The van der Waals surface area contributed by atoms with E-state index in [1.807, 2.05) is 30.7 Å². The van der Waals surface area contributed by atoms with Crippen LogP contribution in [0, 0.1) is 6.92 Å². The van der Waals surface area contributed by atoms with Crippen LogP contribution in [0.2, 0.25) is 0 Å². The number of imidazole rings is 1. The molecule has 3 heteroatoms. The molecule has 2 aromatic rings. The van der Waals surface area contributed by atoms with Crippen LogP contribution in [-0.4, -0.2) is 15.8 Å². The van der Waals surface area contributed by atoms with E-state index in [0.29, 0.717) is 5.69 Å². The van der Waals surface area contributed by atoms with E-state index in [9.17, 15) is 4.79 Å². The highest BCUT2D eigenvalue weighted by atomic mass is 16.1. The van der Waals surface area contributed by atoms with Crippen LogP contribution in [-0.2, 0) is 13.5 Å². The van der Waals surface area contributed by atoms with E-state index in [4.69, 9.17) is 0 Å². The molecule has 0 fully saturated rings. The number of aldehydes is 1. The number of hydrogen-bond donors (Lipinski definition) is 0. The average Bonchev–Trinajstić information content (AvgIpc) is 2.65. The van der Waals surface area contributed by atoms with Crippen LogP contribution in [0.15, 0.2) is 24.3 Å². The maximum absolute atomic E-state index is 11.0. The van der Waals surface area contributed by atoms with Gasteiger partial charge in [0, 0.05) is 12.6 Å². The molecule has 0 saturated heterocycles. The molecule has 1 aromatic carbocycles. The minimum atomic E-state index is 0.509. The van der Waals surface area contributed by atoms with Crippen molar-refractivity contribution in [3.63, 3.8) is 0 Å². The van der Waals surface area contributed by atoms with Crippen LogP contribution < -0.4 is 0 Å². The molecule has 3 nitrogen and oxygen atoms in total. The second-order valence-electron chi connectivity index (χ2n) is 4.12. The molecule has 1 aromatic heterocycles. The third-order valence-electron chi connectivity index (χ3n) is 3.09. The van der Waals surface area contributed by atoms with E-state index >= 15 is 0 Å². The Kier molecular flexibility index (Phi) is 3.09. The van der Waals surface area contributed by atoms with Crippen molar-refractivity contribution in [3.05, 3.63) is 41.3 Å². The number of nitrogens with zero attached hydrogens (tertiary/aromatic N) is 2. The number of aromatic nitrogens is 2. The van der Waals surface area contributed by atoms with Crippen molar-refractivity contribution >= 4 is 6.29 Å². The molecule has 2 rings (SSSR count). The van der Waals surface area contributed by atoms with Gasteiger partial charge in [-0.05, 0) is 18.9 Å². The first-order chi connectivity index (χ1) is 8.17. The van der Waals surface area contributed by atoms with Crippen LogP contribution in [0.4, 0.5) is 0 Å². The lowest BCUT2D eigenvalue weighted by atomic mass is 10.1. The zero-order valence-corrected chi connectivity index (χ0v) is 10.4. The van der Waals surface area contributed by atoms with Crippen molar-refractivity contribution in [2.24, 2.45) is 7.05 Å². The fraction of sp³-hybridized carbons (Fsp3) is 0.286. The lowest BCUT2D eigenvalue weighted by molar-refractivity contribution is 0.112. The van der Waals surface area contributed by atoms with E-state index in [1.54, 1.807) is 0 Å². The first-order valence-electron chi connectivity index (χ1n) is 5.75. The summed E-state index contributed by atoms with van der Waals surface area (Å²) in [4.78, 5) is 15.3. The summed E-state index contributed by atoms with van der Waals surface area (Å²) in [7, 11) is 1.93. The smallest absolute Gasteiger partial charge is 0.170 e. The van der Waals surface area contributed by atoms with Crippen LogP contribution in [0.25, 0.3) is 11.3 Å². The SMILES string of the molecule is CCc1ccc(-c2c(C=O)nc(C)n2C)cc1. The van der Waals surface area contributed by atoms with Gasteiger partial charge in [-0.2, -0.15) is 0 Å². The Balaban J connectivity index is 2.55. The van der Waals surface area contributed by atoms with Gasteiger partial charge < -0.3 is 4.57 Å². The average molecular weight is 228 g/mol. The van der Waals surface area contributed by atoms with Crippen LogP contribution >= 0.6 is 0 Å². The Morgan fingerprint density at radius 3 is 2.47 bits per heavy atom. The lowest BCUT2D eigenvalue weighted by Crippen LogP contribution is -1.95. The van der Waals surface area contributed by atoms with Gasteiger partial charge in [-0.25, -0.2) is 4.98 Å². The summed E-state index contributed by atoms with van der Waals surface area (Å²) in [5.41, 5.74) is 3.72. The molecular formula is C14H16N2O. The fourth-order valence-electron chi connectivity index (χ4n) is 1.96. The van der Waals surface area contributed by atoms with Gasteiger partial charge in [0.05, 0.1) is 5.69 Å². The van der Waals surface area contributed by atoms with Gasteiger partial charge in [-0.3, -0.25) is 4.79 Å². The Hall–Kier alpha value is -1.90. The predicted octanol–water partition coefficient (Wildman–Crippen LogP) is 2.77. The number of carbonyl (C=O) groups is 1. The topological polar surface area (TPSA) is 34.9 Å². The Labute approximate surface area is 101 Å². The summed E-state index contributed by atoms with van der Waals surface area (Å²) >= 11 is 0. The molecule has 0 unspecified atom stereocenters. The molecule has 0 amide bonds. The molecule has 0 N–H and O–H groups in total. The molecule has 0 aliphatic carbocycles. The molecule has 0 radical (unpaired) electrons. The third kappa shape index (κ3) is 2.00. The van der Waals surface area contributed by atoms with Gasteiger partial charge >= 0.3 is 0 Å². The highest BCUT2D eigenvalue weighted by Crippen LogP contribution is 2.23. The van der Waals surface area contributed by atoms with Crippen LogP contribution in [0.5, 0.6) is 0 Å².